The van der Waals surface area contributed by atoms with Crippen LogP contribution in [0.1, 0.15) is 42.8 Å². The minimum absolute atomic E-state index is 0.234. The molecule has 1 unspecified atom stereocenters. The first kappa shape index (κ1) is 17.0. The summed E-state index contributed by atoms with van der Waals surface area (Å²) in [5.74, 6) is 2.54. The lowest BCUT2D eigenvalue weighted by molar-refractivity contribution is 0.419. The fraction of sp³-hybridized carbons (Fsp3) is 0.263. The normalized spacial score (nSPS) is 12.3. The van der Waals surface area contributed by atoms with Crippen LogP contribution in [0.5, 0.6) is 0 Å². The Bertz CT molecular complexity index is 1050. The first-order chi connectivity index (χ1) is 13.2. The number of aryl methyl sites for hydroxylation is 2. The quantitative estimate of drug-likeness (QED) is 0.539. The van der Waals surface area contributed by atoms with Crippen molar-refractivity contribution < 1.29 is 4.52 Å². The first-order valence-corrected chi connectivity index (χ1v) is 8.79. The summed E-state index contributed by atoms with van der Waals surface area (Å²) in [6.07, 6.45) is 4.28. The first-order valence-electron chi connectivity index (χ1n) is 8.79. The van der Waals surface area contributed by atoms with E-state index in [1.807, 2.05) is 26.0 Å². The summed E-state index contributed by atoms with van der Waals surface area (Å²) in [6.45, 7) is 5.90. The van der Waals surface area contributed by atoms with E-state index < -0.39 is 0 Å². The summed E-state index contributed by atoms with van der Waals surface area (Å²) in [5.41, 5.74) is 2.13. The predicted molar refractivity (Wildman–Crippen MR) is 98.3 cm³/mol. The highest BCUT2D eigenvalue weighted by Crippen LogP contribution is 2.25. The molecule has 136 valence electrons. The zero-order valence-electron chi connectivity index (χ0n) is 15.4. The lowest BCUT2D eigenvalue weighted by Crippen LogP contribution is -2.11. The van der Waals surface area contributed by atoms with E-state index >= 15 is 0 Å². The van der Waals surface area contributed by atoms with Crippen LogP contribution in [-0.2, 0) is 6.42 Å². The second kappa shape index (κ2) is 7.06. The van der Waals surface area contributed by atoms with E-state index in [0.29, 0.717) is 29.3 Å². The van der Waals surface area contributed by atoms with E-state index in [1.54, 1.807) is 23.1 Å². The maximum absolute atomic E-state index is 5.50. The molecule has 0 amide bonds. The highest BCUT2D eigenvalue weighted by molar-refractivity contribution is 5.54. The average Bonchev–Trinajstić information content (AvgIpc) is 3.35. The third kappa shape index (κ3) is 3.33. The van der Waals surface area contributed by atoms with Crippen molar-refractivity contribution >= 4 is 0 Å². The molecule has 0 aliphatic heterocycles. The van der Waals surface area contributed by atoms with Gasteiger partial charge in [-0.2, -0.15) is 9.67 Å². The smallest absolute Gasteiger partial charge is 0.257 e. The summed E-state index contributed by atoms with van der Waals surface area (Å²) >= 11 is 0. The van der Waals surface area contributed by atoms with Crippen LogP contribution in [0.15, 0.2) is 47.2 Å². The maximum atomic E-state index is 5.50. The van der Waals surface area contributed by atoms with Crippen LogP contribution in [0.25, 0.3) is 17.4 Å². The molecule has 27 heavy (non-hydrogen) atoms. The van der Waals surface area contributed by atoms with Crippen molar-refractivity contribution in [3.8, 4) is 17.4 Å². The van der Waals surface area contributed by atoms with E-state index in [0.717, 1.165) is 12.0 Å². The highest BCUT2D eigenvalue weighted by Gasteiger charge is 2.24. The van der Waals surface area contributed by atoms with Crippen LogP contribution in [0.3, 0.4) is 0 Å². The summed E-state index contributed by atoms with van der Waals surface area (Å²) in [7, 11) is 0. The van der Waals surface area contributed by atoms with Gasteiger partial charge in [-0.1, -0.05) is 24.2 Å². The van der Waals surface area contributed by atoms with Crippen molar-refractivity contribution in [2.75, 3.05) is 0 Å². The Balaban J connectivity index is 1.69. The Morgan fingerprint density at radius 3 is 2.70 bits per heavy atom. The monoisotopic (exact) mass is 361 g/mol. The molecule has 0 aliphatic carbocycles. The fourth-order valence-corrected chi connectivity index (χ4v) is 2.83. The summed E-state index contributed by atoms with van der Waals surface area (Å²) in [5, 5.41) is 8.57. The fourth-order valence-electron chi connectivity index (χ4n) is 2.83. The van der Waals surface area contributed by atoms with Gasteiger partial charge in [0.2, 0.25) is 0 Å². The van der Waals surface area contributed by atoms with Gasteiger partial charge in [0.1, 0.15) is 11.6 Å². The van der Waals surface area contributed by atoms with Gasteiger partial charge in [-0.3, -0.25) is 0 Å². The molecule has 8 heteroatoms. The maximum Gasteiger partial charge on any atom is 0.257 e. The van der Waals surface area contributed by atoms with Gasteiger partial charge in [0.25, 0.3) is 11.8 Å². The topological polar surface area (TPSA) is 95.4 Å². The summed E-state index contributed by atoms with van der Waals surface area (Å²) < 4.78 is 7.11. The molecule has 0 N–H and O–H groups in total. The van der Waals surface area contributed by atoms with Gasteiger partial charge in [0.15, 0.2) is 5.82 Å². The van der Waals surface area contributed by atoms with Crippen LogP contribution < -0.4 is 0 Å². The van der Waals surface area contributed by atoms with Crippen molar-refractivity contribution in [1.29, 1.82) is 0 Å². The number of hydrogen-bond donors (Lipinski definition) is 0. The molecule has 4 rings (SSSR count). The summed E-state index contributed by atoms with van der Waals surface area (Å²) in [6, 6.07) is 9.85. The predicted octanol–water partition coefficient (Wildman–Crippen LogP) is 3.13. The lowest BCUT2D eigenvalue weighted by Gasteiger charge is -2.07. The molecule has 0 aliphatic rings. The van der Waals surface area contributed by atoms with Crippen LogP contribution in [0, 0.1) is 6.92 Å². The van der Waals surface area contributed by atoms with Crippen LogP contribution in [-0.4, -0.2) is 34.9 Å². The molecule has 8 nitrogen and oxygen atoms in total. The molecular formula is C19H19N7O. The van der Waals surface area contributed by atoms with Crippen LogP contribution in [0.2, 0.25) is 0 Å². The third-order valence-electron chi connectivity index (χ3n) is 4.28. The van der Waals surface area contributed by atoms with Crippen molar-refractivity contribution in [2.45, 2.75) is 33.1 Å². The van der Waals surface area contributed by atoms with Crippen molar-refractivity contribution in [2.24, 2.45) is 0 Å². The second-order valence-electron chi connectivity index (χ2n) is 6.21. The Kier molecular flexibility index (Phi) is 4.45. The van der Waals surface area contributed by atoms with E-state index in [1.165, 1.54) is 5.56 Å². The zero-order chi connectivity index (χ0) is 18.8. The molecule has 0 spiro atoms. The number of rotatable bonds is 5. The molecule has 1 atom stereocenters. The largest absolute Gasteiger partial charge is 0.334 e. The van der Waals surface area contributed by atoms with E-state index in [2.05, 4.69) is 49.2 Å². The standard InChI is InChI=1S/C19H19N7O/c1-4-14-7-5-8-15(11-14)18-23-16(25-27-18)12(2)17-22-13(3)24-26(17)19-20-9-6-10-21-19/h5-12H,4H2,1-3H3. The molecule has 1 aromatic carbocycles. The van der Waals surface area contributed by atoms with Gasteiger partial charge in [-0.15, -0.1) is 5.10 Å². The SMILES string of the molecule is CCc1cccc(-c2nc(C(C)c3nc(C)nn3-c3ncccn3)no2)c1. The van der Waals surface area contributed by atoms with E-state index in [9.17, 15) is 0 Å². The molecule has 3 aromatic heterocycles. The Labute approximate surface area is 156 Å². The van der Waals surface area contributed by atoms with Gasteiger partial charge in [0.05, 0.1) is 5.92 Å². The molecule has 0 bridgehead atoms. The van der Waals surface area contributed by atoms with Crippen molar-refractivity contribution in [3.05, 3.63) is 65.8 Å². The average molecular weight is 361 g/mol. The molecule has 0 saturated carbocycles. The minimum atomic E-state index is -0.234. The van der Waals surface area contributed by atoms with Gasteiger partial charge in [-0.05, 0) is 44.0 Å². The van der Waals surface area contributed by atoms with E-state index in [4.69, 9.17) is 4.52 Å². The van der Waals surface area contributed by atoms with Crippen molar-refractivity contribution in [3.63, 3.8) is 0 Å². The molecule has 0 fully saturated rings. The van der Waals surface area contributed by atoms with Gasteiger partial charge >= 0.3 is 0 Å². The Morgan fingerprint density at radius 2 is 1.93 bits per heavy atom. The van der Waals surface area contributed by atoms with Gasteiger partial charge in [-0.25, -0.2) is 15.0 Å². The van der Waals surface area contributed by atoms with Crippen molar-refractivity contribution in [1.82, 2.24) is 34.9 Å². The minimum Gasteiger partial charge on any atom is -0.334 e. The molecule has 4 aromatic rings. The van der Waals surface area contributed by atoms with Crippen LogP contribution >= 0.6 is 0 Å². The van der Waals surface area contributed by atoms with E-state index in [-0.39, 0.29) is 5.92 Å². The van der Waals surface area contributed by atoms with Gasteiger partial charge < -0.3 is 4.52 Å². The molecule has 0 radical (unpaired) electrons. The molecular weight excluding hydrogens is 342 g/mol. The number of nitrogens with zero attached hydrogens (tertiary/aromatic N) is 7. The summed E-state index contributed by atoms with van der Waals surface area (Å²) in [4.78, 5) is 17.6. The molecule has 3 heterocycles. The Morgan fingerprint density at radius 1 is 1.11 bits per heavy atom. The van der Waals surface area contributed by atoms with Crippen LogP contribution in [0.4, 0.5) is 0 Å². The second-order valence-corrected chi connectivity index (χ2v) is 6.21. The third-order valence-corrected chi connectivity index (χ3v) is 4.28. The lowest BCUT2D eigenvalue weighted by atomic mass is 10.1. The Hall–Kier alpha value is -3.42. The highest BCUT2D eigenvalue weighted by atomic mass is 16.5. The number of hydrogen-bond acceptors (Lipinski definition) is 7. The number of benzene rings is 1. The number of aromatic nitrogens is 7. The zero-order valence-corrected chi connectivity index (χ0v) is 15.4. The van der Waals surface area contributed by atoms with Gasteiger partial charge in [0, 0.05) is 18.0 Å². The molecule has 0 saturated heterocycles.